The summed E-state index contributed by atoms with van der Waals surface area (Å²) in [5.41, 5.74) is 2.00. The van der Waals surface area contributed by atoms with Crippen molar-refractivity contribution in [2.24, 2.45) is 0 Å². The molecule has 1 atom stereocenters. The summed E-state index contributed by atoms with van der Waals surface area (Å²) in [6, 6.07) is 6.04. The normalized spacial score (nSPS) is 12.7. The summed E-state index contributed by atoms with van der Waals surface area (Å²) in [5, 5.41) is 8.35. The summed E-state index contributed by atoms with van der Waals surface area (Å²) in [7, 11) is 3.57. The zero-order valence-corrected chi connectivity index (χ0v) is 14.9. The molecule has 2 aromatic rings. The number of hydrogen-bond acceptors (Lipinski definition) is 3. The van der Waals surface area contributed by atoms with Crippen LogP contribution in [0.4, 0.5) is 0 Å². The van der Waals surface area contributed by atoms with Gasteiger partial charge in [-0.2, -0.15) is 5.10 Å². The van der Waals surface area contributed by atoms with E-state index >= 15 is 0 Å². The number of ether oxygens (including phenoxy) is 1. The summed E-state index contributed by atoms with van der Waals surface area (Å²) in [4.78, 5) is 0. The Morgan fingerprint density at radius 2 is 2.10 bits per heavy atom. The lowest BCUT2D eigenvalue weighted by Crippen LogP contribution is -2.23. The Bertz CT molecular complexity index is 627. The second-order valence-electron chi connectivity index (χ2n) is 5.03. The maximum Gasteiger partial charge on any atom is 0.119 e. The number of hydrogen-bond donors (Lipinski definition) is 1. The van der Waals surface area contributed by atoms with Crippen molar-refractivity contribution < 1.29 is 4.74 Å². The molecule has 2 rings (SSSR count). The molecule has 0 aliphatic heterocycles. The molecule has 4 nitrogen and oxygen atoms in total. The van der Waals surface area contributed by atoms with Crippen LogP contribution < -0.4 is 10.1 Å². The molecule has 1 aromatic carbocycles. The van der Waals surface area contributed by atoms with Crippen LogP contribution >= 0.6 is 27.5 Å². The van der Waals surface area contributed by atoms with Gasteiger partial charge >= 0.3 is 0 Å². The zero-order chi connectivity index (χ0) is 15.6. The van der Waals surface area contributed by atoms with Crippen molar-refractivity contribution in [1.29, 1.82) is 0 Å². The fourth-order valence-electron chi connectivity index (χ4n) is 2.34. The fraction of sp³-hybridized carbons (Fsp3) is 0.400. The topological polar surface area (TPSA) is 39.1 Å². The van der Waals surface area contributed by atoms with Crippen LogP contribution in [-0.4, -0.2) is 23.9 Å². The standard InChI is InChI=1S/C15H19BrClN3O/c1-9(2)20-15(13(17)8-19-20)14(18-3)11-7-10(21-4)5-6-12(11)16/h5-9,14,18H,1-4H3. The maximum atomic E-state index is 6.37. The van der Waals surface area contributed by atoms with Gasteiger partial charge in [-0.1, -0.05) is 27.5 Å². The van der Waals surface area contributed by atoms with Gasteiger partial charge < -0.3 is 10.1 Å². The number of nitrogens with one attached hydrogen (secondary N) is 1. The van der Waals surface area contributed by atoms with Crippen LogP contribution in [0, 0.1) is 0 Å². The number of nitrogens with zero attached hydrogens (tertiary/aromatic N) is 2. The molecular formula is C15H19BrClN3O. The number of benzene rings is 1. The Morgan fingerprint density at radius 3 is 2.67 bits per heavy atom. The number of halogens is 2. The van der Waals surface area contributed by atoms with Crippen LogP contribution in [-0.2, 0) is 0 Å². The second-order valence-corrected chi connectivity index (χ2v) is 6.29. The maximum absolute atomic E-state index is 6.37. The van der Waals surface area contributed by atoms with Crippen LogP contribution in [0.15, 0.2) is 28.9 Å². The molecule has 0 saturated heterocycles. The minimum atomic E-state index is -0.0770. The molecule has 1 aromatic heterocycles. The molecule has 0 saturated carbocycles. The Labute approximate surface area is 138 Å². The van der Waals surface area contributed by atoms with E-state index in [-0.39, 0.29) is 12.1 Å². The van der Waals surface area contributed by atoms with Crippen molar-refractivity contribution in [2.45, 2.75) is 25.9 Å². The van der Waals surface area contributed by atoms with E-state index in [1.54, 1.807) is 13.3 Å². The van der Waals surface area contributed by atoms with Gasteiger partial charge in [-0.05, 0) is 44.7 Å². The first kappa shape index (κ1) is 16.3. The van der Waals surface area contributed by atoms with Gasteiger partial charge in [0.2, 0.25) is 0 Å². The Kier molecular flexibility index (Phi) is 5.30. The third-order valence-electron chi connectivity index (χ3n) is 3.35. The third kappa shape index (κ3) is 3.25. The van der Waals surface area contributed by atoms with E-state index in [1.165, 1.54) is 0 Å². The lowest BCUT2D eigenvalue weighted by atomic mass is 10.0. The first-order chi connectivity index (χ1) is 9.99. The summed E-state index contributed by atoms with van der Waals surface area (Å²) >= 11 is 9.97. The molecule has 6 heteroatoms. The van der Waals surface area contributed by atoms with Gasteiger partial charge in [0.25, 0.3) is 0 Å². The highest BCUT2D eigenvalue weighted by Gasteiger charge is 2.24. The van der Waals surface area contributed by atoms with Crippen LogP contribution in [0.2, 0.25) is 5.02 Å². The molecule has 0 aliphatic rings. The van der Waals surface area contributed by atoms with E-state index < -0.39 is 0 Å². The Hall–Kier alpha value is -1.04. The van der Waals surface area contributed by atoms with Crippen LogP contribution in [0.25, 0.3) is 0 Å². The molecule has 0 spiro atoms. The van der Waals surface area contributed by atoms with E-state index in [0.717, 1.165) is 21.5 Å². The Morgan fingerprint density at radius 1 is 1.38 bits per heavy atom. The van der Waals surface area contributed by atoms with Crippen molar-refractivity contribution in [3.63, 3.8) is 0 Å². The zero-order valence-electron chi connectivity index (χ0n) is 12.5. The molecule has 1 heterocycles. The average molecular weight is 373 g/mol. The molecule has 21 heavy (non-hydrogen) atoms. The molecule has 1 unspecified atom stereocenters. The highest BCUT2D eigenvalue weighted by atomic mass is 79.9. The molecule has 0 amide bonds. The molecule has 0 aliphatic carbocycles. The van der Waals surface area contributed by atoms with E-state index in [0.29, 0.717) is 5.02 Å². The largest absolute Gasteiger partial charge is 0.497 e. The lowest BCUT2D eigenvalue weighted by molar-refractivity contribution is 0.413. The summed E-state index contributed by atoms with van der Waals surface area (Å²) in [5.74, 6) is 0.806. The van der Waals surface area contributed by atoms with Gasteiger partial charge in [-0.3, -0.25) is 4.68 Å². The minimum absolute atomic E-state index is 0.0770. The fourth-order valence-corrected chi connectivity index (χ4v) is 3.06. The summed E-state index contributed by atoms with van der Waals surface area (Å²) in [6.07, 6.45) is 1.69. The van der Waals surface area contributed by atoms with Gasteiger partial charge in [-0.15, -0.1) is 0 Å². The van der Waals surface area contributed by atoms with Crippen molar-refractivity contribution in [3.8, 4) is 5.75 Å². The molecule has 0 fully saturated rings. The van der Waals surface area contributed by atoms with Crippen LogP contribution in [0.3, 0.4) is 0 Å². The summed E-state index contributed by atoms with van der Waals surface area (Å²) < 4.78 is 8.26. The van der Waals surface area contributed by atoms with Crippen LogP contribution in [0.5, 0.6) is 5.75 Å². The van der Waals surface area contributed by atoms with Crippen molar-refractivity contribution in [1.82, 2.24) is 15.1 Å². The average Bonchev–Trinajstić information content (AvgIpc) is 2.84. The molecule has 1 N–H and O–H groups in total. The van der Waals surface area contributed by atoms with Gasteiger partial charge in [0.1, 0.15) is 5.75 Å². The van der Waals surface area contributed by atoms with Crippen molar-refractivity contribution in [3.05, 3.63) is 45.1 Å². The van der Waals surface area contributed by atoms with Gasteiger partial charge in [0.15, 0.2) is 0 Å². The predicted molar refractivity (Wildman–Crippen MR) is 89.2 cm³/mol. The SMILES string of the molecule is CNC(c1cc(OC)ccc1Br)c1c(Cl)cnn1C(C)C. The number of aromatic nitrogens is 2. The smallest absolute Gasteiger partial charge is 0.119 e. The second kappa shape index (κ2) is 6.81. The van der Waals surface area contributed by atoms with E-state index in [9.17, 15) is 0 Å². The van der Waals surface area contributed by atoms with Crippen molar-refractivity contribution in [2.75, 3.05) is 14.2 Å². The monoisotopic (exact) mass is 371 g/mol. The van der Waals surface area contributed by atoms with Crippen molar-refractivity contribution >= 4 is 27.5 Å². The molecule has 0 radical (unpaired) electrons. The van der Waals surface area contributed by atoms with Gasteiger partial charge in [0, 0.05) is 10.5 Å². The summed E-state index contributed by atoms with van der Waals surface area (Å²) in [6.45, 7) is 4.17. The highest BCUT2D eigenvalue weighted by Crippen LogP contribution is 2.35. The quantitative estimate of drug-likeness (QED) is 0.855. The minimum Gasteiger partial charge on any atom is -0.497 e. The van der Waals surface area contributed by atoms with E-state index in [1.807, 2.05) is 29.9 Å². The third-order valence-corrected chi connectivity index (χ3v) is 4.37. The van der Waals surface area contributed by atoms with Gasteiger partial charge in [-0.25, -0.2) is 0 Å². The van der Waals surface area contributed by atoms with Crippen LogP contribution in [0.1, 0.15) is 37.2 Å². The molecule has 0 bridgehead atoms. The number of rotatable bonds is 5. The highest BCUT2D eigenvalue weighted by molar-refractivity contribution is 9.10. The Balaban J connectivity index is 2.57. The predicted octanol–water partition coefficient (Wildman–Crippen LogP) is 4.20. The van der Waals surface area contributed by atoms with E-state index in [4.69, 9.17) is 16.3 Å². The first-order valence-electron chi connectivity index (χ1n) is 6.73. The molecular weight excluding hydrogens is 354 g/mol. The first-order valence-corrected chi connectivity index (χ1v) is 7.90. The van der Waals surface area contributed by atoms with Gasteiger partial charge in [0.05, 0.1) is 30.1 Å². The van der Waals surface area contributed by atoms with E-state index in [2.05, 4.69) is 40.2 Å². The number of methoxy groups -OCH3 is 1. The molecule has 114 valence electrons. The lowest BCUT2D eigenvalue weighted by Gasteiger charge is -2.22.